The van der Waals surface area contributed by atoms with Crippen molar-refractivity contribution < 1.29 is 14.3 Å². The number of hydrogen-bond donors (Lipinski definition) is 1. The Morgan fingerprint density at radius 1 is 1.15 bits per heavy atom. The quantitative estimate of drug-likeness (QED) is 0.853. The van der Waals surface area contributed by atoms with Gasteiger partial charge in [-0.2, -0.15) is 0 Å². The fourth-order valence-corrected chi connectivity index (χ4v) is 3.25. The van der Waals surface area contributed by atoms with Crippen molar-refractivity contribution in [2.45, 2.75) is 26.1 Å². The van der Waals surface area contributed by atoms with E-state index >= 15 is 0 Å². The van der Waals surface area contributed by atoms with Gasteiger partial charge in [-0.05, 0) is 50.2 Å². The zero-order valence-corrected chi connectivity index (χ0v) is 15.7. The Morgan fingerprint density at radius 2 is 1.81 bits per heavy atom. The first-order valence-electron chi connectivity index (χ1n) is 8.69. The zero-order valence-electron chi connectivity index (χ0n) is 14.9. The molecule has 1 saturated heterocycles. The van der Waals surface area contributed by atoms with Gasteiger partial charge in [0.15, 0.2) is 0 Å². The van der Waals surface area contributed by atoms with E-state index in [1.807, 2.05) is 44.2 Å². The molecule has 1 fully saturated rings. The van der Waals surface area contributed by atoms with Crippen molar-refractivity contribution >= 4 is 23.2 Å². The predicted octanol–water partition coefficient (Wildman–Crippen LogP) is 4.18. The second-order valence-electron chi connectivity index (χ2n) is 6.56. The average molecular weight is 375 g/mol. The first kappa shape index (κ1) is 18.7. The third-order valence-electron chi connectivity index (χ3n) is 4.06. The molecule has 5 nitrogen and oxygen atoms in total. The van der Waals surface area contributed by atoms with E-state index in [-0.39, 0.29) is 18.1 Å². The molecule has 1 heterocycles. The fraction of sp³-hybridized carbons (Fsp3) is 0.350. The average Bonchev–Trinajstić information content (AvgIpc) is 2.57. The van der Waals surface area contributed by atoms with Crippen LogP contribution in [0.15, 0.2) is 48.5 Å². The zero-order chi connectivity index (χ0) is 18.5. The lowest BCUT2D eigenvalue weighted by Gasteiger charge is -2.34. The van der Waals surface area contributed by atoms with Crippen molar-refractivity contribution in [2.24, 2.45) is 0 Å². The molecule has 138 valence electrons. The van der Waals surface area contributed by atoms with Crippen LogP contribution in [0.4, 0.5) is 5.69 Å². The maximum absolute atomic E-state index is 12.3. The molecule has 0 unspecified atom stereocenters. The normalized spacial score (nSPS) is 20.6. The number of nitrogens with one attached hydrogen (secondary N) is 1. The van der Waals surface area contributed by atoms with Crippen LogP contribution in [0.25, 0.3) is 0 Å². The summed E-state index contributed by atoms with van der Waals surface area (Å²) in [7, 11) is 0. The molecule has 2 aromatic rings. The topological polar surface area (TPSA) is 50.8 Å². The van der Waals surface area contributed by atoms with Crippen molar-refractivity contribution in [3.8, 4) is 11.5 Å². The summed E-state index contributed by atoms with van der Waals surface area (Å²) < 4.78 is 11.4. The molecule has 6 heteroatoms. The Bertz CT molecular complexity index is 741. The first-order valence-corrected chi connectivity index (χ1v) is 9.07. The lowest BCUT2D eigenvalue weighted by atomic mass is 10.2. The van der Waals surface area contributed by atoms with Crippen LogP contribution in [-0.4, -0.2) is 42.6 Å². The lowest BCUT2D eigenvalue weighted by molar-refractivity contribution is -0.121. The number of rotatable bonds is 5. The molecule has 0 aromatic heterocycles. The van der Waals surface area contributed by atoms with E-state index in [9.17, 15) is 4.79 Å². The van der Waals surface area contributed by atoms with Crippen LogP contribution in [0.1, 0.15) is 13.8 Å². The fourth-order valence-electron chi connectivity index (χ4n) is 3.08. The van der Waals surface area contributed by atoms with Crippen LogP contribution in [0.3, 0.4) is 0 Å². The molecule has 3 rings (SSSR count). The number of benzene rings is 2. The number of anilines is 1. The second-order valence-corrected chi connectivity index (χ2v) is 6.96. The second kappa shape index (κ2) is 8.54. The highest BCUT2D eigenvalue weighted by Gasteiger charge is 2.23. The van der Waals surface area contributed by atoms with Crippen molar-refractivity contribution in [2.75, 3.05) is 25.0 Å². The summed E-state index contributed by atoms with van der Waals surface area (Å²) in [5.74, 6) is 1.22. The van der Waals surface area contributed by atoms with E-state index in [2.05, 4.69) is 10.2 Å². The number of hydrogen-bond acceptors (Lipinski definition) is 4. The molecule has 26 heavy (non-hydrogen) atoms. The minimum atomic E-state index is -0.0360. The number of carbonyl (C=O) groups excluding carboxylic acids is 1. The van der Waals surface area contributed by atoms with Crippen molar-refractivity contribution in [3.05, 3.63) is 53.6 Å². The number of amides is 1. The van der Waals surface area contributed by atoms with E-state index in [1.54, 1.807) is 18.2 Å². The number of carbonyl (C=O) groups is 1. The van der Waals surface area contributed by atoms with Crippen LogP contribution < -0.4 is 10.1 Å². The van der Waals surface area contributed by atoms with Crippen LogP contribution in [-0.2, 0) is 9.53 Å². The predicted molar refractivity (Wildman–Crippen MR) is 103 cm³/mol. The molecule has 0 spiro atoms. The Kier molecular flexibility index (Phi) is 6.14. The van der Waals surface area contributed by atoms with Crippen molar-refractivity contribution in [1.29, 1.82) is 0 Å². The van der Waals surface area contributed by atoms with Gasteiger partial charge in [-0.15, -0.1) is 0 Å². The van der Waals surface area contributed by atoms with Gasteiger partial charge in [0.1, 0.15) is 11.5 Å². The Balaban J connectivity index is 1.54. The summed E-state index contributed by atoms with van der Waals surface area (Å²) in [6, 6.07) is 14.5. The monoisotopic (exact) mass is 374 g/mol. The Hall–Kier alpha value is -2.08. The van der Waals surface area contributed by atoms with Crippen molar-refractivity contribution in [3.63, 3.8) is 0 Å². The third kappa shape index (κ3) is 5.21. The molecule has 0 aliphatic carbocycles. The summed E-state index contributed by atoms with van der Waals surface area (Å²) in [5, 5.41) is 3.47. The number of para-hydroxylation sites is 1. The van der Waals surface area contributed by atoms with Gasteiger partial charge in [0, 0.05) is 18.8 Å². The molecule has 1 aliphatic rings. The molecule has 0 bridgehead atoms. The maximum atomic E-state index is 12.3. The summed E-state index contributed by atoms with van der Waals surface area (Å²) >= 11 is 6.09. The third-order valence-corrected chi connectivity index (χ3v) is 4.38. The van der Waals surface area contributed by atoms with Gasteiger partial charge < -0.3 is 14.8 Å². The van der Waals surface area contributed by atoms with Gasteiger partial charge in [0.2, 0.25) is 5.91 Å². The van der Waals surface area contributed by atoms with Crippen LogP contribution in [0.2, 0.25) is 5.02 Å². The standard InChI is InChI=1S/C20H23ClN2O3/c1-14-11-23(12-15(2)25-14)13-20(24)22-16-7-9-17(10-8-16)26-19-6-4-3-5-18(19)21/h3-10,14-15H,11-13H2,1-2H3,(H,22,24)/t14-,15-/m0/s1. The van der Waals surface area contributed by atoms with E-state index in [0.29, 0.717) is 23.1 Å². The molecule has 2 aromatic carbocycles. The van der Waals surface area contributed by atoms with Crippen molar-refractivity contribution in [1.82, 2.24) is 4.90 Å². The molecule has 0 radical (unpaired) electrons. The lowest BCUT2D eigenvalue weighted by Crippen LogP contribution is -2.48. The van der Waals surface area contributed by atoms with E-state index in [4.69, 9.17) is 21.1 Å². The molecule has 1 aliphatic heterocycles. The van der Waals surface area contributed by atoms with Gasteiger partial charge >= 0.3 is 0 Å². The summed E-state index contributed by atoms with van der Waals surface area (Å²) in [5.41, 5.74) is 0.732. The van der Waals surface area contributed by atoms with E-state index in [0.717, 1.165) is 18.8 Å². The minimum Gasteiger partial charge on any atom is -0.456 e. The molecular weight excluding hydrogens is 352 g/mol. The SMILES string of the molecule is C[C@H]1CN(CC(=O)Nc2ccc(Oc3ccccc3Cl)cc2)C[C@H](C)O1. The first-order chi connectivity index (χ1) is 12.5. The molecule has 2 atom stereocenters. The molecule has 0 saturated carbocycles. The number of halogens is 1. The van der Waals surface area contributed by atoms with Crippen LogP contribution in [0, 0.1) is 0 Å². The summed E-state index contributed by atoms with van der Waals surface area (Å²) in [6.45, 7) is 5.94. The number of ether oxygens (including phenoxy) is 2. The molecule has 1 amide bonds. The van der Waals surface area contributed by atoms with Gasteiger partial charge in [-0.25, -0.2) is 0 Å². The maximum Gasteiger partial charge on any atom is 0.238 e. The number of nitrogens with zero attached hydrogens (tertiary/aromatic N) is 1. The largest absolute Gasteiger partial charge is 0.456 e. The Morgan fingerprint density at radius 3 is 2.46 bits per heavy atom. The van der Waals surface area contributed by atoms with Crippen LogP contribution in [0.5, 0.6) is 11.5 Å². The van der Waals surface area contributed by atoms with Crippen LogP contribution >= 0.6 is 11.6 Å². The highest BCUT2D eigenvalue weighted by Crippen LogP contribution is 2.29. The van der Waals surface area contributed by atoms with Gasteiger partial charge in [-0.1, -0.05) is 23.7 Å². The van der Waals surface area contributed by atoms with Gasteiger partial charge in [-0.3, -0.25) is 9.69 Å². The highest BCUT2D eigenvalue weighted by atomic mass is 35.5. The van der Waals surface area contributed by atoms with Gasteiger partial charge in [0.05, 0.1) is 23.8 Å². The molecular formula is C20H23ClN2O3. The number of morpholine rings is 1. The Labute approximate surface area is 158 Å². The van der Waals surface area contributed by atoms with E-state index < -0.39 is 0 Å². The minimum absolute atomic E-state index is 0.0360. The van der Waals surface area contributed by atoms with E-state index in [1.165, 1.54) is 0 Å². The summed E-state index contributed by atoms with van der Waals surface area (Å²) in [6.07, 6.45) is 0.292. The smallest absolute Gasteiger partial charge is 0.238 e. The van der Waals surface area contributed by atoms with Gasteiger partial charge in [0.25, 0.3) is 0 Å². The summed E-state index contributed by atoms with van der Waals surface area (Å²) in [4.78, 5) is 14.4. The highest BCUT2D eigenvalue weighted by molar-refractivity contribution is 6.32. The molecule has 1 N–H and O–H groups in total.